The molecule has 4 nitrogen and oxygen atoms in total. The number of benzene rings is 1. The number of ether oxygens (including phenoxy) is 1. The molecule has 1 N–H and O–H groups in total. The predicted molar refractivity (Wildman–Crippen MR) is 89.2 cm³/mol. The average Bonchev–Trinajstić information content (AvgIpc) is 3.05. The highest BCUT2D eigenvalue weighted by Crippen LogP contribution is 2.24. The summed E-state index contributed by atoms with van der Waals surface area (Å²) in [5, 5.41) is 3.03. The van der Waals surface area contributed by atoms with Crippen molar-refractivity contribution in [1.29, 1.82) is 0 Å². The molecule has 2 atom stereocenters. The molecule has 0 saturated carbocycles. The van der Waals surface area contributed by atoms with Gasteiger partial charge in [0.25, 0.3) is 0 Å². The number of hydrogen-bond acceptors (Lipinski definition) is 3. The lowest BCUT2D eigenvalue weighted by Gasteiger charge is -2.20. The molecular weight excluding hydrogens is 276 g/mol. The maximum atomic E-state index is 12.2. The van der Waals surface area contributed by atoms with Gasteiger partial charge in [0.2, 0.25) is 5.91 Å². The Balaban J connectivity index is 1.57. The number of amides is 1. The van der Waals surface area contributed by atoms with Gasteiger partial charge in [0.1, 0.15) is 0 Å². The summed E-state index contributed by atoms with van der Waals surface area (Å²) >= 11 is 0. The van der Waals surface area contributed by atoms with Gasteiger partial charge in [-0.2, -0.15) is 0 Å². The van der Waals surface area contributed by atoms with Crippen LogP contribution in [0.15, 0.2) is 36.4 Å². The largest absolute Gasteiger partial charge is 0.380 e. The monoisotopic (exact) mass is 300 g/mol. The van der Waals surface area contributed by atoms with Crippen molar-refractivity contribution < 1.29 is 9.53 Å². The van der Waals surface area contributed by atoms with Gasteiger partial charge in [0.05, 0.1) is 6.10 Å². The van der Waals surface area contributed by atoms with Crippen LogP contribution in [0.3, 0.4) is 0 Å². The topological polar surface area (TPSA) is 41.6 Å². The van der Waals surface area contributed by atoms with Gasteiger partial charge in [0.15, 0.2) is 0 Å². The number of rotatable bonds is 4. The number of nitrogens with one attached hydrogen (secondary N) is 1. The molecule has 4 heteroatoms. The van der Waals surface area contributed by atoms with Crippen LogP contribution >= 0.6 is 0 Å². The molecule has 118 valence electrons. The summed E-state index contributed by atoms with van der Waals surface area (Å²) in [6.45, 7) is 1.97. The van der Waals surface area contributed by atoms with Gasteiger partial charge in [-0.05, 0) is 49.9 Å². The summed E-state index contributed by atoms with van der Waals surface area (Å²) in [6, 6.07) is 8.14. The van der Waals surface area contributed by atoms with E-state index in [1.54, 1.807) is 7.11 Å². The molecule has 1 fully saturated rings. The van der Waals surface area contributed by atoms with Gasteiger partial charge in [-0.1, -0.05) is 12.2 Å². The fourth-order valence-electron chi connectivity index (χ4n) is 3.19. The minimum Gasteiger partial charge on any atom is -0.380 e. The maximum Gasteiger partial charge on any atom is 0.227 e. The summed E-state index contributed by atoms with van der Waals surface area (Å²) in [6.07, 6.45) is 8.48. The van der Waals surface area contributed by atoms with Crippen molar-refractivity contribution >= 4 is 17.3 Å². The van der Waals surface area contributed by atoms with Crippen LogP contribution in [-0.4, -0.2) is 32.2 Å². The SMILES string of the molecule is CO[C@H]1CCN(c2ccc(NC(=O)[C@H]3CC=CCC3)cc2)C1. The summed E-state index contributed by atoms with van der Waals surface area (Å²) in [5.41, 5.74) is 2.07. The fourth-order valence-corrected chi connectivity index (χ4v) is 3.19. The van der Waals surface area contributed by atoms with Crippen molar-refractivity contribution in [1.82, 2.24) is 0 Å². The Hall–Kier alpha value is -1.81. The molecule has 0 aromatic heterocycles. The Morgan fingerprint density at radius 3 is 2.68 bits per heavy atom. The van der Waals surface area contributed by atoms with E-state index in [1.807, 2.05) is 12.1 Å². The number of nitrogens with zero attached hydrogens (tertiary/aromatic N) is 1. The highest BCUT2D eigenvalue weighted by molar-refractivity contribution is 5.92. The minimum atomic E-state index is 0.116. The van der Waals surface area contributed by atoms with Crippen molar-refractivity contribution in [2.45, 2.75) is 31.8 Å². The van der Waals surface area contributed by atoms with E-state index in [4.69, 9.17) is 4.74 Å². The minimum absolute atomic E-state index is 0.116. The molecule has 1 aliphatic heterocycles. The second kappa shape index (κ2) is 6.97. The standard InChI is InChI=1S/C18H24N2O2/c1-22-17-11-12-20(13-17)16-9-7-15(8-10-16)19-18(21)14-5-3-2-4-6-14/h2-3,7-10,14,17H,4-6,11-13H2,1H3,(H,19,21)/t14-,17-/m0/s1. The quantitative estimate of drug-likeness (QED) is 0.868. The van der Waals surface area contributed by atoms with Gasteiger partial charge >= 0.3 is 0 Å². The maximum absolute atomic E-state index is 12.2. The lowest BCUT2D eigenvalue weighted by molar-refractivity contribution is -0.120. The van der Waals surface area contributed by atoms with Gasteiger partial charge in [-0.25, -0.2) is 0 Å². The molecule has 0 bridgehead atoms. The van der Waals surface area contributed by atoms with Gasteiger partial charge in [-0.3, -0.25) is 4.79 Å². The summed E-state index contributed by atoms with van der Waals surface area (Å²) < 4.78 is 5.40. The smallest absolute Gasteiger partial charge is 0.227 e. The van der Waals surface area contributed by atoms with Crippen LogP contribution in [0.25, 0.3) is 0 Å². The molecule has 1 aromatic carbocycles. The van der Waals surface area contributed by atoms with E-state index in [2.05, 4.69) is 34.5 Å². The molecule has 1 heterocycles. The first kappa shape index (κ1) is 15.1. The Kier molecular flexibility index (Phi) is 4.78. The van der Waals surface area contributed by atoms with Gasteiger partial charge < -0.3 is 15.0 Å². The predicted octanol–water partition coefficient (Wildman–Crippen LogP) is 3.21. The molecule has 3 rings (SSSR count). The van der Waals surface area contributed by atoms with Crippen molar-refractivity contribution in [2.24, 2.45) is 5.92 Å². The highest BCUT2D eigenvalue weighted by Gasteiger charge is 2.22. The number of hydrogen-bond donors (Lipinski definition) is 1. The molecule has 1 aliphatic carbocycles. The molecule has 1 aromatic rings. The van der Waals surface area contributed by atoms with Crippen LogP contribution in [0.5, 0.6) is 0 Å². The van der Waals surface area contributed by atoms with Crippen LogP contribution in [-0.2, 0) is 9.53 Å². The second-order valence-corrected chi connectivity index (χ2v) is 6.11. The lowest BCUT2D eigenvalue weighted by atomic mass is 9.93. The van der Waals surface area contributed by atoms with Crippen LogP contribution in [0.2, 0.25) is 0 Å². The van der Waals surface area contributed by atoms with E-state index in [-0.39, 0.29) is 11.8 Å². The van der Waals surface area contributed by atoms with E-state index in [9.17, 15) is 4.79 Å². The fraction of sp³-hybridized carbons (Fsp3) is 0.500. The number of anilines is 2. The molecule has 1 amide bonds. The molecule has 0 radical (unpaired) electrons. The Labute approximate surface area is 132 Å². The molecule has 1 saturated heterocycles. The van der Waals surface area contributed by atoms with Crippen molar-refractivity contribution in [3.8, 4) is 0 Å². The average molecular weight is 300 g/mol. The molecular formula is C18H24N2O2. The van der Waals surface area contributed by atoms with Crippen molar-refractivity contribution in [3.05, 3.63) is 36.4 Å². The van der Waals surface area contributed by atoms with Crippen LogP contribution in [0.1, 0.15) is 25.7 Å². The molecule has 0 unspecified atom stereocenters. The second-order valence-electron chi connectivity index (χ2n) is 6.11. The number of allylic oxidation sites excluding steroid dienone is 2. The number of carbonyl (C=O) groups excluding carboxylic acids is 1. The molecule has 0 spiro atoms. The Morgan fingerprint density at radius 2 is 2.05 bits per heavy atom. The normalized spacial score (nSPS) is 24.5. The molecule has 2 aliphatic rings. The van der Waals surface area contributed by atoms with E-state index in [0.717, 1.165) is 44.5 Å². The zero-order valence-electron chi connectivity index (χ0n) is 13.1. The summed E-state index contributed by atoms with van der Waals surface area (Å²) in [7, 11) is 1.77. The first-order valence-electron chi connectivity index (χ1n) is 8.10. The van der Waals surface area contributed by atoms with E-state index >= 15 is 0 Å². The third kappa shape index (κ3) is 3.50. The van der Waals surface area contributed by atoms with Crippen LogP contribution < -0.4 is 10.2 Å². The first-order valence-corrected chi connectivity index (χ1v) is 8.10. The van der Waals surface area contributed by atoms with E-state index < -0.39 is 0 Å². The number of carbonyl (C=O) groups is 1. The zero-order valence-corrected chi connectivity index (χ0v) is 13.1. The lowest BCUT2D eigenvalue weighted by Crippen LogP contribution is -2.24. The van der Waals surface area contributed by atoms with Gasteiger partial charge in [0, 0.05) is 37.5 Å². The first-order chi connectivity index (χ1) is 10.8. The Bertz CT molecular complexity index is 539. The third-order valence-corrected chi connectivity index (χ3v) is 4.62. The van der Waals surface area contributed by atoms with Crippen LogP contribution in [0.4, 0.5) is 11.4 Å². The number of methoxy groups -OCH3 is 1. The Morgan fingerprint density at radius 1 is 1.23 bits per heavy atom. The third-order valence-electron chi connectivity index (χ3n) is 4.62. The summed E-state index contributed by atoms with van der Waals surface area (Å²) in [5.74, 6) is 0.253. The summed E-state index contributed by atoms with van der Waals surface area (Å²) in [4.78, 5) is 14.5. The van der Waals surface area contributed by atoms with Gasteiger partial charge in [-0.15, -0.1) is 0 Å². The van der Waals surface area contributed by atoms with Crippen molar-refractivity contribution in [3.63, 3.8) is 0 Å². The zero-order chi connectivity index (χ0) is 15.4. The molecule has 22 heavy (non-hydrogen) atoms. The van der Waals surface area contributed by atoms with Crippen molar-refractivity contribution in [2.75, 3.05) is 30.4 Å². The van der Waals surface area contributed by atoms with Crippen LogP contribution in [0, 0.1) is 5.92 Å². The van der Waals surface area contributed by atoms with E-state index in [1.165, 1.54) is 5.69 Å². The highest BCUT2D eigenvalue weighted by atomic mass is 16.5. The van der Waals surface area contributed by atoms with E-state index in [0.29, 0.717) is 6.10 Å².